The molecule has 2 N–H and O–H groups in total. The molecule has 0 aliphatic heterocycles. The fraction of sp³-hybridized carbons (Fsp3) is 0.154. The molecule has 1 aromatic heterocycles. The summed E-state index contributed by atoms with van der Waals surface area (Å²) in [7, 11) is 0. The van der Waals surface area contributed by atoms with Crippen molar-refractivity contribution < 1.29 is 23.1 Å². The number of benzene rings is 1. The first-order valence-electron chi connectivity index (χ1n) is 5.56. The van der Waals surface area contributed by atoms with Gasteiger partial charge in [0.1, 0.15) is 11.6 Å². The lowest BCUT2D eigenvalue weighted by Crippen LogP contribution is -2.04. The first kappa shape index (κ1) is 13.1. The number of nitrogens with one attached hydrogen (secondary N) is 1. The van der Waals surface area contributed by atoms with Crippen LogP contribution in [0.2, 0.25) is 0 Å². The monoisotopic (exact) mass is 267 g/mol. The zero-order valence-corrected chi connectivity index (χ0v) is 9.82. The maximum atomic E-state index is 12.9. The van der Waals surface area contributed by atoms with E-state index in [0.29, 0.717) is 24.4 Å². The third-order valence-electron chi connectivity index (χ3n) is 2.45. The topological polar surface area (TPSA) is 62.5 Å². The minimum Gasteiger partial charge on any atom is -0.475 e. The van der Waals surface area contributed by atoms with Crippen LogP contribution in [0.4, 0.5) is 14.7 Å². The van der Waals surface area contributed by atoms with E-state index < -0.39 is 17.6 Å². The maximum Gasteiger partial charge on any atom is 0.371 e. The quantitative estimate of drug-likeness (QED) is 0.874. The predicted octanol–water partition coefficient (Wildman–Crippen LogP) is 2.91. The molecule has 100 valence electrons. The smallest absolute Gasteiger partial charge is 0.371 e. The van der Waals surface area contributed by atoms with E-state index in [9.17, 15) is 13.6 Å². The number of rotatable bonds is 5. The Balaban J connectivity index is 1.90. The lowest BCUT2D eigenvalue weighted by Gasteiger charge is -2.04. The van der Waals surface area contributed by atoms with Gasteiger partial charge in [0.25, 0.3) is 0 Å². The second-order valence-electron chi connectivity index (χ2n) is 3.92. The van der Waals surface area contributed by atoms with E-state index in [1.54, 1.807) is 0 Å². The van der Waals surface area contributed by atoms with Crippen molar-refractivity contribution >= 4 is 11.9 Å². The van der Waals surface area contributed by atoms with Crippen LogP contribution < -0.4 is 5.32 Å². The number of hydrogen-bond acceptors (Lipinski definition) is 3. The number of hydrogen-bond donors (Lipinski definition) is 2. The van der Waals surface area contributed by atoms with Gasteiger partial charge in [-0.05, 0) is 30.2 Å². The van der Waals surface area contributed by atoms with Crippen LogP contribution in [0.5, 0.6) is 0 Å². The van der Waals surface area contributed by atoms with Gasteiger partial charge in [0.05, 0.1) is 0 Å². The highest BCUT2D eigenvalue weighted by atomic mass is 19.1. The van der Waals surface area contributed by atoms with Gasteiger partial charge in [-0.3, -0.25) is 0 Å². The summed E-state index contributed by atoms with van der Waals surface area (Å²) in [6.07, 6.45) is 0.387. The summed E-state index contributed by atoms with van der Waals surface area (Å²) in [5.74, 6) is -2.27. The van der Waals surface area contributed by atoms with Crippen molar-refractivity contribution in [1.29, 1.82) is 0 Å². The number of carbonyl (C=O) groups is 1. The standard InChI is InChI=1S/C13H11F2NO3/c14-9-5-8(6-10(15)7-9)3-4-16-12-2-1-11(19-12)13(17)18/h1-2,5-7,16H,3-4H2,(H,17,18). The highest BCUT2D eigenvalue weighted by Gasteiger charge is 2.08. The maximum absolute atomic E-state index is 12.9. The molecule has 1 aromatic carbocycles. The molecular formula is C13H11F2NO3. The zero-order chi connectivity index (χ0) is 13.8. The third-order valence-corrected chi connectivity index (χ3v) is 2.45. The Bertz CT molecular complexity index is 575. The summed E-state index contributed by atoms with van der Waals surface area (Å²) < 4.78 is 30.8. The molecule has 0 saturated carbocycles. The predicted molar refractivity (Wildman–Crippen MR) is 64.2 cm³/mol. The Morgan fingerprint density at radius 3 is 2.47 bits per heavy atom. The van der Waals surface area contributed by atoms with Gasteiger partial charge in [-0.25, -0.2) is 13.6 Å². The van der Waals surface area contributed by atoms with Gasteiger partial charge in [-0.15, -0.1) is 0 Å². The Morgan fingerprint density at radius 1 is 1.21 bits per heavy atom. The van der Waals surface area contributed by atoms with Gasteiger partial charge >= 0.3 is 5.97 Å². The molecule has 0 amide bonds. The van der Waals surface area contributed by atoms with Crippen LogP contribution in [0.3, 0.4) is 0 Å². The minimum absolute atomic E-state index is 0.167. The van der Waals surface area contributed by atoms with E-state index in [1.807, 2.05) is 0 Å². The number of furan rings is 1. The van der Waals surface area contributed by atoms with E-state index in [4.69, 9.17) is 9.52 Å². The molecule has 0 atom stereocenters. The van der Waals surface area contributed by atoms with Crippen molar-refractivity contribution in [2.45, 2.75) is 6.42 Å². The van der Waals surface area contributed by atoms with Crippen LogP contribution in [0, 0.1) is 11.6 Å². The second-order valence-corrected chi connectivity index (χ2v) is 3.92. The lowest BCUT2D eigenvalue weighted by molar-refractivity contribution is 0.0663. The lowest BCUT2D eigenvalue weighted by atomic mass is 10.1. The molecule has 19 heavy (non-hydrogen) atoms. The van der Waals surface area contributed by atoms with E-state index >= 15 is 0 Å². The van der Waals surface area contributed by atoms with Crippen LogP contribution in [-0.2, 0) is 6.42 Å². The van der Waals surface area contributed by atoms with Crippen LogP contribution in [-0.4, -0.2) is 17.6 Å². The van der Waals surface area contributed by atoms with E-state index in [-0.39, 0.29) is 5.76 Å². The summed E-state index contributed by atoms with van der Waals surface area (Å²) in [6, 6.07) is 6.11. The summed E-state index contributed by atoms with van der Waals surface area (Å²) in [5.41, 5.74) is 0.509. The van der Waals surface area contributed by atoms with E-state index in [0.717, 1.165) is 6.07 Å². The van der Waals surface area contributed by atoms with Gasteiger partial charge in [-0.1, -0.05) is 0 Å². The molecule has 0 unspecified atom stereocenters. The zero-order valence-electron chi connectivity index (χ0n) is 9.82. The Labute approximate surface area is 107 Å². The number of aromatic carboxylic acids is 1. The van der Waals surface area contributed by atoms with Gasteiger partial charge < -0.3 is 14.8 Å². The fourth-order valence-electron chi connectivity index (χ4n) is 1.63. The molecule has 0 fully saturated rings. The molecule has 0 aliphatic rings. The number of carboxylic acid groups (broad SMARTS) is 1. The average Bonchev–Trinajstić information content (AvgIpc) is 2.76. The van der Waals surface area contributed by atoms with Gasteiger partial charge in [0, 0.05) is 18.7 Å². The van der Waals surface area contributed by atoms with E-state index in [2.05, 4.69) is 5.32 Å². The van der Waals surface area contributed by atoms with Crippen LogP contribution in [0.15, 0.2) is 34.7 Å². The van der Waals surface area contributed by atoms with Crippen LogP contribution in [0.1, 0.15) is 16.1 Å². The van der Waals surface area contributed by atoms with Crippen molar-refractivity contribution in [2.75, 3.05) is 11.9 Å². The molecule has 0 radical (unpaired) electrons. The number of halogens is 2. The third kappa shape index (κ3) is 3.54. The molecular weight excluding hydrogens is 256 g/mol. The molecule has 2 aromatic rings. The van der Waals surface area contributed by atoms with Crippen molar-refractivity contribution in [2.24, 2.45) is 0 Å². The first-order valence-corrected chi connectivity index (χ1v) is 5.56. The fourth-order valence-corrected chi connectivity index (χ4v) is 1.63. The molecule has 6 heteroatoms. The van der Waals surface area contributed by atoms with E-state index in [1.165, 1.54) is 24.3 Å². The molecule has 2 rings (SSSR count). The normalized spacial score (nSPS) is 10.4. The highest BCUT2D eigenvalue weighted by Crippen LogP contribution is 2.14. The Hall–Kier alpha value is -2.37. The Morgan fingerprint density at radius 2 is 1.89 bits per heavy atom. The highest BCUT2D eigenvalue weighted by molar-refractivity contribution is 5.84. The molecule has 0 bridgehead atoms. The Kier molecular flexibility index (Phi) is 3.79. The number of carboxylic acids is 1. The average molecular weight is 267 g/mol. The van der Waals surface area contributed by atoms with Crippen molar-refractivity contribution in [3.05, 3.63) is 53.3 Å². The molecule has 0 saturated heterocycles. The molecule has 1 heterocycles. The molecule has 0 aliphatic carbocycles. The summed E-state index contributed by atoms with van der Waals surface area (Å²) in [6.45, 7) is 0.371. The first-order chi connectivity index (χ1) is 9.04. The molecule has 4 nitrogen and oxygen atoms in total. The van der Waals surface area contributed by atoms with Gasteiger partial charge in [0.2, 0.25) is 5.76 Å². The van der Waals surface area contributed by atoms with Crippen molar-refractivity contribution in [3.8, 4) is 0 Å². The molecule has 0 spiro atoms. The van der Waals surface area contributed by atoms with Crippen molar-refractivity contribution in [3.63, 3.8) is 0 Å². The largest absolute Gasteiger partial charge is 0.475 e. The second kappa shape index (κ2) is 5.51. The van der Waals surface area contributed by atoms with Crippen LogP contribution >= 0.6 is 0 Å². The SMILES string of the molecule is O=C(O)c1ccc(NCCc2cc(F)cc(F)c2)o1. The van der Waals surface area contributed by atoms with Crippen molar-refractivity contribution in [1.82, 2.24) is 0 Å². The summed E-state index contributed by atoms with van der Waals surface area (Å²) in [5, 5.41) is 11.5. The van der Waals surface area contributed by atoms with Crippen LogP contribution in [0.25, 0.3) is 0 Å². The summed E-state index contributed by atoms with van der Waals surface area (Å²) >= 11 is 0. The summed E-state index contributed by atoms with van der Waals surface area (Å²) in [4.78, 5) is 10.6. The van der Waals surface area contributed by atoms with Gasteiger partial charge in [-0.2, -0.15) is 0 Å². The van der Waals surface area contributed by atoms with Gasteiger partial charge in [0.15, 0.2) is 5.88 Å². The minimum atomic E-state index is -1.15. The number of anilines is 1.